The summed E-state index contributed by atoms with van der Waals surface area (Å²) in [5, 5.41) is 2.86. The molecule has 0 spiro atoms. The van der Waals surface area contributed by atoms with Gasteiger partial charge < -0.3 is 15.0 Å². The Kier molecular flexibility index (Phi) is 9.91. The standard InChI is InChI=1S/C22H34N2O3/c1-27-18-15-23-21(25)12-11-20-13-16-24(17-14-20)22(26)10-6-5-9-19-7-3-2-4-8-19/h2-4,7-8,20H,5-6,9-18H2,1H3,(H,23,25). The second-order valence-electron chi connectivity index (χ2n) is 7.40. The number of carbonyl (C=O) groups is 2. The van der Waals surface area contributed by atoms with Crippen LogP contribution >= 0.6 is 0 Å². The topological polar surface area (TPSA) is 58.6 Å². The van der Waals surface area contributed by atoms with E-state index in [1.165, 1.54) is 5.56 Å². The van der Waals surface area contributed by atoms with Crippen molar-refractivity contribution in [2.45, 2.75) is 51.4 Å². The monoisotopic (exact) mass is 374 g/mol. The number of carbonyl (C=O) groups excluding carboxylic acids is 2. The molecule has 2 rings (SSSR count). The zero-order chi connectivity index (χ0) is 19.3. The zero-order valence-electron chi connectivity index (χ0n) is 16.6. The third-order valence-electron chi connectivity index (χ3n) is 5.32. The van der Waals surface area contributed by atoms with Gasteiger partial charge in [0.1, 0.15) is 0 Å². The van der Waals surface area contributed by atoms with E-state index in [1.54, 1.807) is 7.11 Å². The van der Waals surface area contributed by atoms with Gasteiger partial charge in [-0.25, -0.2) is 0 Å². The fraction of sp³-hybridized carbons (Fsp3) is 0.636. The predicted octanol–water partition coefficient (Wildman–Crippen LogP) is 3.18. The quantitative estimate of drug-likeness (QED) is 0.605. The first-order chi connectivity index (χ1) is 13.2. The number of rotatable bonds is 11. The van der Waals surface area contributed by atoms with Crippen LogP contribution in [0.4, 0.5) is 0 Å². The van der Waals surface area contributed by atoms with Crippen molar-refractivity contribution in [3.05, 3.63) is 35.9 Å². The minimum atomic E-state index is 0.101. The minimum absolute atomic E-state index is 0.101. The van der Waals surface area contributed by atoms with Crippen molar-refractivity contribution >= 4 is 11.8 Å². The fourth-order valence-corrected chi connectivity index (χ4v) is 3.60. The van der Waals surface area contributed by atoms with E-state index in [2.05, 4.69) is 29.6 Å². The normalized spacial score (nSPS) is 14.9. The molecule has 1 heterocycles. The van der Waals surface area contributed by atoms with E-state index < -0.39 is 0 Å². The van der Waals surface area contributed by atoms with Gasteiger partial charge in [0.25, 0.3) is 0 Å². The number of ether oxygens (including phenoxy) is 1. The third-order valence-corrected chi connectivity index (χ3v) is 5.32. The Morgan fingerprint density at radius 1 is 1.11 bits per heavy atom. The van der Waals surface area contributed by atoms with Gasteiger partial charge in [-0.05, 0) is 50.0 Å². The second-order valence-corrected chi connectivity index (χ2v) is 7.40. The Morgan fingerprint density at radius 2 is 1.85 bits per heavy atom. The molecule has 0 bridgehead atoms. The lowest BCUT2D eigenvalue weighted by atomic mass is 9.92. The van der Waals surface area contributed by atoms with Crippen molar-refractivity contribution in [1.82, 2.24) is 10.2 Å². The number of methoxy groups -OCH3 is 1. The van der Waals surface area contributed by atoms with E-state index in [-0.39, 0.29) is 5.91 Å². The molecule has 0 saturated carbocycles. The van der Waals surface area contributed by atoms with Crippen LogP contribution < -0.4 is 5.32 Å². The van der Waals surface area contributed by atoms with Gasteiger partial charge >= 0.3 is 0 Å². The molecule has 0 radical (unpaired) electrons. The van der Waals surface area contributed by atoms with E-state index in [0.717, 1.165) is 51.6 Å². The van der Waals surface area contributed by atoms with Crippen LogP contribution in [0.25, 0.3) is 0 Å². The highest BCUT2D eigenvalue weighted by Gasteiger charge is 2.22. The molecule has 0 aliphatic carbocycles. The Morgan fingerprint density at radius 3 is 2.56 bits per heavy atom. The van der Waals surface area contributed by atoms with Crippen LogP contribution in [0, 0.1) is 5.92 Å². The molecule has 0 atom stereocenters. The molecule has 27 heavy (non-hydrogen) atoms. The van der Waals surface area contributed by atoms with Gasteiger partial charge in [0, 0.05) is 39.6 Å². The molecule has 2 amide bonds. The first-order valence-corrected chi connectivity index (χ1v) is 10.3. The van der Waals surface area contributed by atoms with Gasteiger partial charge in [0.15, 0.2) is 0 Å². The molecular formula is C22H34N2O3. The molecule has 5 heteroatoms. The first kappa shape index (κ1) is 21.4. The number of likely N-dealkylation sites (tertiary alicyclic amines) is 1. The summed E-state index contributed by atoms with van der Waals surface area (Å²) in [6.45, 7) is 2.81. The first-order valence-electron chi connectivity index (χ1n) is 10.3. The van der Waals surface area contributed by atoms with Crippen LogP contribution in [0.2, 0.25) is 0 Å². The fourth-order valence-electron chi connectivity index (χ4n) is 3.60. The second kappa shape index (κ2) is 12.5. The highest BCUT2D eigenvalue weighted by molar-refractivity contribution is 5.76. The zero-order valence-corrected chi connectivity index (χ0v) is 16.6. The van der Waals surface area contributed by atoms with Crippen LogP contribution in [0.15, 0.2) is 30.3 Å². The Balaban J connectivity index is 1.54. The Bertz CT molecular complexity index is 554. The molecule has 150 valence electrons. The molecule has 1 aromatic rings. The van der Waals surface area contributed by atoms with E-state index in [4.69, 9.17) is 4.74 Å². The van der Waals surface area contributed by atoms with Crippen molar-refractivity contribution in [2.75, 3.05) is 33.4 Å². The summed E-state index contributed by atoms with van der Waals surface area (Å²) < 4.78 is 4.93. The molecule has 1 aromatic carbocycles. The number of benzene rings is 1. The SMILES string of the molecule is COCCNC(=O)CCC1CCN(C(=O)CCCCc2ccccc2)CC1. The lowest BCUT2D eigenvalue weighted by Gasteiger charge is -2.32. The van der Waals surface area contributed by atoms with E-state index >= 15 is 0 Å². The molecule has 1 N–H and O–H groups in total. The summed E-state index contributed by atoms with van der Waals surface area (Å²) in [6.07, 6.45) is 7.23. The lowest BCUT2D eigenvalue weighted by molar-refractivity contribution is -0.133. The van der Waals surface area contributed by atoms with Gasteiger partial charge in [-0.3, -0.25) is 9.59 Å². The Labute approximate surface area is 163 Å². The maximum Gasteiger partial charge on any atom is 0.222 e. The molecule has 1 fully saturated rings. The molecule has 0 unspecified atom stereocenters. The van der Waals surface area contributed by atoms with Crippen LogP contribution in [-0.4, -0.2) is 50.1 Å². The number of hydrogen-bond acceptors (Lipinski definition) is 3. The van der Waals surface area contributed by atoms with Gasteiger partial charge in [-0.1, -0.05) is 30.3 Å². The van der Waals surface area contributed by atoms with Crippen molar-refractivity contribution in [1.29, 1.82) is 0 Å². The average molecular weight is 375 g/mol. The molecule has 1 saturated heterocycles. The van der Waals surface area contributed by atoms with E-state index in [9.17, 15) is 9.59 Å². The highest BCUT2D eigenvalue weighted by Crippen LogP contribution is 2.22. The predicted molar refractivity (Wildman–Crippen MR) is 107 cm³/mol. The van der Waals surface area contributed by atoms with Crippen LogP contribution in [0.1, 0.15) is 50.5 Å². The number of amides is 2. The lowest BCUT2D eigenvalue weighted by Crippen LogP contribution is -2.38. The summed E-state index contributed by atoms with van der Waals surface area (Å²) in [5.41, 5.74) is 1.34. The maximum absolute atomic E-state index is 12.4. The van der Waals surface area contributed by atoms with Crippen LogP contribution in [-0.2, 0) is 20.7 Å². The molecule has 1 aliphatic heterocycles. The highest BCUT2D eigenvalue weighted by atomic mass is 16.5. The van der Waals surface area contributed by atoms with Gasteiger partial charge in [0.05, 0.1) is 6.61 Å². The summed E-state index contributed by atoms with van der Waals surface area (Å²) >= 11 is 0. The maximum atomic E-state index is 12.4. The largest absolute Gasteiger partial charge is 0.383 e. The third kappa shape index (κ3) is 8.57. The summed E-state index contributed by atoms with van der Waals surface area (Å²) in [7, 11) is 1.63. The number of unbranched alkanes of at least 4 members (excludes halogenated alkanes) is 1. The van der Waals surface area contributed by atoms with Crippen LogP contribution in [0.3, 0.4) is 0 Å². The molecule has 0 aromatic heterocycles. The summed E-state index contributed by atoms with van der Waals surface area (Å²) in [4.78, 5) is 26.1. The van der Waals surface area contributed by atoms with Gasteiger partial charge in [-0.15, -0.1) is 0 Å². The number of aryl methyl sites for hydroxylation is 1. The molecule has 5 nitrogen and oxygen atoms in total. The molecular weight excluding hydrogens is 340 g/mol. The van der Waals surface area contributed by atoms with Crippen molar-refractivity contribution < 1.29 is 14.3 Å². The van der Waals surface area contributed by atoms with Gasteiger partial charge in [-0.2, -0.15) is 0 Å². The van der Waals surface area contributed by atoms with Crippen LogP contribution in [0.5, 0.6) is 0 Å². The Hall–Kier alpha value is -1.88. The molecule has 1 aliphatic rings. The smallest absolute Gasteiger partial charge is 0.222 e. The number of hydrogen-bond donors (Lipinski definition) is 1. The number of nitrogens with one attached hydrogen (secondary N) is 1. The number of piperidine rings is 1. The average Bonchev–Trinajstić information content (AvgIpc) is 2.71. The van der Waals surface area contributed by atoms with Gasteiger partial charge in [0.2, 0.25) is 11.8 Å². The van der Waals surface area contributed by atoms with E-state index in [0.29, 0.717) is 37.8 Å². The van der Waals surface area contributed by atoms with Crippen molar-refractivity contribution in [2.24, 2.45) is 5.92 Å². The summed E-state index contributed by atoms with van der Waals surface area (Å²) in [5.74, 6) is 0.947. The van der Waals surface area contributed by atoms with E-state index in [1.807, 2.05) is 11.0 Å². The van der Waals surface area contributed by atoms with Crippen molar-refractivity contribution in [3.63, 3.8) is 0 Å². The summed E-state index contributed by atoms with van der Waals surface area (Å²) in [6, 6.07) is 10.4. The minimum Gasteiger partial charge on any atom is -0.383 e. The number of nitrogens with zero attached hydrogens (tertiary/aromatic N) is 1. The van der Waals surface area contributed by atoms with Crippen molar-refractivity contribution in [3.8, 4) is 0 Å².